The summed E-state index contributed by atoms with van der Waals surface area (Å²) in [7, 11) is 1.36. The van der Waals surface area contributed by atoms with E-state index in [1.807, 2.05) is 60.7 Å². The first-order valence-electron chi connectivity index (χ1n) is 9.46. The van der Waals surface area contributed by atoms with Gasteiger partial charge in [0.1, 0.15) is 12.4 Å². The lowest BCUT2D eigenvalue weighted by Crippen LogP contribution is -2.30. The molecule has 1 amide bonds. The molecule has 146 valence electrons. The Hall–Kier alpha value is -3.60. The minimum absolute atomic E-state index is 0.0678. The number of rotatable bonds is 5. The number of fused-ring (bicyclic) bond motifs is 1. The van der Waals surface area contributed by atoms with Gasteiger partial charge in [0.15, 0.2) is 0 Å². The number of hydrogen-bond acceptors (Lipinski definition) is 4. The molecule has 0 aromatic heterocycles. The van der Waals surface area contributed by atoms with Crippen LogP contribution in [0.5, 0.6) is 5.75 Å². The fourth-order valence-electron chi connectivity index (χ4n) is 3.54. The fraction of sp³-hybridized carbons (Fsp3) is 0.167. The maximum absolute atomic E-state index is 13.3. The number of nitrogens with zero attached hydrogens (tertiary/aromatic N) is 1. The highest BCUT2D eigenvalue weighted by Gasteiger charge is 2.27. The number of hydrogen-bond donors (Lipinski definition) is 0. The Balaban J connectivity index is 1.56. The van der Waals surface area contributed by atoms with Gasteiger partial charge in [-0.1, -0.05) is 36.4 Å². The molecule has 4 rings (SSSR count). The van der Waals surface area contributed by atoms with Crippen LogP contribution in [0.15, 0.2) is 72.8 Å². The number of carbonyl (C=O) groups excluding carboxylic acids is 2. The fourth-order valence-corrected chi connectivity index (χ4v) is 3.54. The van der Waals surface area contributed by atoms with E-state index in [9.17, 15) is 9.59 Å². The molecule has 0 radical (unpaired) electrons. The zero-order chi connectivity index (χ0) is 20.2. The molecule has 3 aromatic carbocycles. The molecule has 0 unspecified atom stereocenters. The van der Waals surface area contributed by atoms with Crippen molar-refractivity contribution in [1.29, 1.82) is 0 Å². The summed E-state index contributed by atoms with van der Waals surface area (Å²) >= 11 is 0. The van der Waals surface area contributed by atoms with E-state index in [2.05, 4.69) is 0 Å². The highest BCUT2D eigenvalue weighted by atomic mass is 16.5. The summed E-state index contributed by atoms with van der Waals surface area (Å²) in [5.41, 5.74) is 3.76. The highest BCUT2D eigenvalue weighted by molar-refractivity contribution is 6.08. The SMILES string of the molecule is COC(=O)c1ccc2c(c1)CCN2C(=O)c1ccccc1COc1ccccc1. The Bertz CT molecular complexity index is 1050. The standard InChI is InChI=1S/C24H21NO4/c1-28-24(27)18-11-12-22-17(15-18)13-14-25(22)23(26)21-10-6-5-7-19(21)16-29-20-8-3-2-4-9-20/h2-12,15H,13-14,16H2,1H3. The molecule has 0 fully saturated rings. The quantitative estimate of drug-likeness (QED) is 0.614. The third-order valence-electron chi connectivity index (χ3n) is 5.03. The van der Waals surface area contributed by atoms with Gasteiger partial charge >= 0.3 is 5.97 Å². The van der Waals surface area contributed by atoms with Crippen LogP contribution in [0.25, 0.3) is 0 Å². The van der Waals surface area contributed by atoms with Crippen molar-refractivity contribution < 1.29 is 19.1 Å². The van der Waals surface area contributed by atoms with E-state index >= 15 is 0 Å². The van der Waals surface area contributed by atoms with Crippen molar-refractivity contribution in [3.63, 3.8) is 0 Å². The van der Waals surface area contributed by atoms with Gasteiger partial charge in [-0.25, -0.2) is 4.79 Å². The summed E-state index contributed by atoms with van der Waals surface area (Å²) in [6.45, 7) is 0.889. The molecule has 1 aliphatic heterocycles. The number of ether oxygens (including phenoxy) is 2. The predicted octanol–water partition coefficient (Wildman–Crippen LogP) is 4.26. The molecule has 0 N–H and O–H groups in total. The van der Waals surface area contributed by atoms with Gasteiger partial charge in [-0.3, -0.25) is 4.79 Å². The molecule has 0 spiro atoms. The van der Waals surface area contributed by atoms with Crippen LogP contribution >= 0.6 is 0 Å². The molecule has 5 heteroatoms. The van der Waals surface area contributed by atoms with E-state index in [1.54, 1.807) is 17.0 Å². The molecule has 5 nitrogen and oxygen atoms in total. The molecule has 0 aliphatic carbocycles. The number of esters is 1. The number of methoxy groups -OCH3 is 1. The lowest BCUT2D eigenvalue weighted by molar-refractivity contribution is 0.0600. The first kappa shape index (κ1) is 18.7. The molecule has 0 atom stereocenters. The second-order valence-corrected chi connectivity index (χ2v) is 6.80. The van der Waals surface area contributed by atoms with Crippen molar-refractivity contribution in [2.45, 2.75) is 13.0 Å². The Labute approximate surface area is 169 Å². The normalized spacial score (nSPS) is 12.4. The second-order valence-electron chi connectivity index (χ2n) is 6.80. The van der Waals surface area contributed by atoms with Gasteiger partial charge in [-0.2, -0.15) is 0 Å². The van der Waals surface area contributed by atoms with E-state index in [-0.39, 0.29) is 11.9 Å². The number of anilines is 1. The molecular formula is C24H21NO4. The smallest absolute Gasteiger partial charge is 0.337 e. The van der Waals surface area contributed by atoms with Crippen LogP contribution in [0.2, 0.25) is 0 Å². The molecule has 1 aliphatic rings. The van der Waals surface area contributed by atoms with Gasteiger partial charge in [-0.15, -0.1) is 0 Å². The second kappa shape index (κ2) is 8.19. The molecule has 0 saturated heterocycles. The van der Waals surface area contributed by atoms with Crippen LogP contribution < -0.4 is 9.64 Å². The summed E-state index contributed by atoms with van der Waals surface area (Å²) in [5, 5.41) is 0. The van der Waals surface area contributed by atoms with E-state index < -0.39 is 0 Å². The topological polar surface area (TPSA) is 55.8 Å². The van der Waals surface area contributed by atoms with Crippen LogP contribution in [0.1, 0.15) is 31.8 Å². The van der Waals surface area contributed by atoms with Crippen molar-refractivity contribution in [1.82, 2.24) is 0 Å². The van der Waals surface area contributed by atoms with Gasteiger partial charge in [-0.05, 0) is 48.4 Å². The largest absolute Gasteiger partial charge is 0.489 e. The molecule has 3 aromatic rings. The van der Waals surface area contributed by atoms with Gasteiger partial charge in [0.05, 0.1) is 12.7 Å². The summed E-state index contributed by atoms with van der Waals surface area (Å²) < 4.78 is 10.6. The summed E-state index contributed by atoms with van der Waals surface area (Å²) in [5.74, 6) is 0.319. The number of carbonyl (C=O) groups is 2. The van der Waals surface area contributed by atoms with Crippen molar-refractivity contribution in [3.8, 4) is 5.75 Å². The molecular weight excluding hydrogens is 366 g/mol. The predicted molar refractivity (Wildman–Crippen MR) is 110 cm³/mol. The lowest BCUT2D eigenvalue weighted by Gasteiger charge is -2.19. The zero-order valence-corrected chi connectivity index (χ0v) is 16.1. The van der Waals surface area contributed by atoms with Crippen molar-refractivity contribution >= 4 is 17.6 Å². The molecule has 0 bridgehead atoms. The Morgan fingerprint density at radius 3 is 2.52 bits per heavy atom. The van der Waals surface area contributed by atoms with Crippen LogP contribution in [-0.2, 0) is 17.8 Å². The van der Waals surface area contributed by atoms with Crippen molar-refractivity contribution in [3.05, 3.63) is 95.1 Å². The van der Waals surface area contributed by atoms with Gasteiger partial charge in [0.2, 0.25) is 0 Å². The Morgan fingerprint density at radius 2 is 1.72 bits per heavy atom. The third-order valence-corrected chi connectivity index (χ3v) is 5.03. The van der Waals surface area contributed by atoms with E-state index in [1.165, 1.54) is 7.11 Å². The molecule has 1 heterocycles. The van der Waals surface area contributed by atoms with Gasteiger partial charge in [0.25, 0.3) is 5.91 Å². The zero-order valence-electron chi connectivity index (χ0n) is 16.1. The molecule has 0 saturated carbocycles. The van der Waals surface area contributed by atoms with Crippen LogP contribution in [0.3, 0.4) is 0 Å². The van der Waals surface area contributed by atoms with Gasteiger partial charge < -0.3 is 14.4 Å². The highest BCUT2D eigenvalue weighted by Crippen LogP contribution is 2.31. The number of amides is 1. The van der Waals surface area contributed by atoms with Crippen molar-refractivity contribution in [2.75, 3.05) is 18.6 Å². The first-order chi connectivity index (χ1) is 14.2. The third kappa shape index (κ3) is 3.85. The van der Waals surface area contributed by atoms with Crippen LogP contribution in [-0.4, -0.2) is 25.5 Å². The summed E-state index contributed by atoms with van der Waals surface area (Å²) in [6, 6.07) is 22.3. The summed E-state index contributed by atoms with van der Waals surface area (Å²) in [6.07, 6.45) is 0.703. The minimum Gasteiger partial charge on any atom is -0.489 e. The van der Waals surface area contributed by atoms with E-state index in [0.717, 1.165) is 22.6 Å². The van der Waals surface area contributed by atoms with Crippen molar-refractivity contribution in [2.24, 2.45) is 0 Å². The Morgan fingerprint density at radius 1 is 0.966 bits per heavy atom. The minimum atomic E-state index is -0.374. The van der Waals surface area contributed by atoms with Crippen LogP contribution in [0, 0.1) is 0 Å². The maximum Gasteiger partial charge on any atom is 0.337 e. The molecule has 29 heavy (non-hydrogen) atoms. The van der Waals surface area contributed by atoms with E-state index in [4.69, 9.17) is 9.47 Å². The number of para-hydroxylation sites is 1. The summed E-state index contributed by atoms with van der Waals surface area (Å²) in [4.78, 5) is 26.8. The average molecular weight is 387 g/mol. The van der Waals surface area contributed by atoms with E-state index in [0.29, 0.717) is 30.7 Å². The van der Waals surface area contributed by atoms with Crippen LogP contribution in [0.4, 0.5) is 5.69 Å². The first-order valence-corrected chi connectivity index (χ1v) is 9.46. The van der Waals surface area contributed by atoms with Gasteiger partial charge in [0, 0.05) is 23.4 Å². The number of benzene rings is 3. The lowest BCUT2D eigenvalue weighted by atomic mass is 10.1. The Kier molecular flexibility index (Phi) is 5.29. The monoisotopic (exact) mass is 387 g/mol. The average Bonchev–Trinajstić information content (AvgIpc) is 3.21. The maximum atomic E-state index is 13.3.